The molecule has 0 amide bonds. The Labute approximate surface area is 120 Å². The number of aliphatic imine (C=N–C) groups is 1. The lowest BCUT2D eigenvalue weighted by atomic mass is 10.1. The van der Waals surface area contributed by atoms with Gasteiger partial charge in [0.2, 0.25) is 0 Å². The molecule has 0 radical (unpaired) electrons. The normalized spacial score (nSPS) is 18.1. The average Bonchev–Trinajstić information content (AvgIpc) is 2.69. The van der Waals surface area contributed by atoms with Crippen LogP contribution in [0.25, 0.3) is 0 Å². The Hall–Kier alpha value is -0.910. The van der Waals surface area contributed by atoms with E-state index < -0.39 is 13.0 Å². The van der Waals surface area contributed by atoms with Crippen molar-refractivity contribution in [2.24, 2.45) is 4.99 Å². The molecule has 0 heterocycles. The van der Waals surface area contributed by atoms with Gasteiger partial charge in [-0.2, -0.15) is 0 Å². The van der Waals surface area contributed by atoms with Crippen molar-refractivity contribution in [1.82, 2.24) is 10.6 Å². The first-order valence-corrected chi connectivity index (χ1v) is 7.64. The van der Waals surface area contributed by atoms with Crippen molar-refractivity contribution in [2.75, 3.05) is 26.2 Å². The van der Waals surface area contributed by atoms with Crippen LogP contribution in [0.4, 0.5) is 8.78 Å². The molecule has 1 aliphatic rings. The molecule has 1 rings (SSSR count). The number of halogens is 2. The first kappa shape index (κ1) is 17.1. The molecule has 0 aromatic rings. The number of rotatable bonds is 7. The van der Waals surface area contributed by atoms with Gasteiger partial charge in [0, 0.05) is 13.1 Å². The number of ether oxygens (including phenoxy) is 1. The van der Waals surface area contributed by atoms with E-state index in [4.69, 9.17) is 4.74 Å². The van der Waals surface area contributed by atoms with Crippen molar-refractivity contribution in [3.63, 3.8) is 0 Å². The van der Waals surface area contributed by atoms with Crippen molar-refractivity contribution >= 4 is 5.96 Å². The van der Waals surface area contributed by atoms with Gasteiger partial charge in [-0.15, -0.1) is 0 Å². The molecule has 1 aliphatic carbocycles. The molecule has 0 aliphatic heterocycles. The van der Waals surface area contributed by atoms with E-state index >= 15 is 0 Å². The van der Waals surface area contributed by atoms with Crippen LogP contribution in [0.3, 0.4) is 0 Å². The topological polar surface area (TPSA) is 45.7 Å². The number of guanidine groups is 1. The third kappa shape index (κ3) is 8.30. The molecule has 0 aromatic heterocycles. The standard InChI is InChI=1S/C14H27F2N3O/c1-2-17-14(19-11-13(15)16)18-9-10-20-12-7-5-3-4-6-8-12/h12-13H,2-11H2,1H3,(H2,17,18,19). The summed E-state index contributed by atoms with van der Waals surface area (Å²) in [5.41, 5.74) is 0. The highest BCUT2D eigenvalue weighted by Crippen LogP contribution is 2.19. The summed E-state index contributed by atoms with van der Waals surface area (Å²) in [7, 11) is 0. The maximum absolute atomic E-state index is 12.1. The van der Waals surface area contributed by atoms with Gasteiger partial charge in [-0.25, -0.2) is 13.8 Å². The highest BCUT2D eigenvalue weighted by molar-refractivity contribution is 5.79. The van der Waals surface area contributed by atoms with Crippen molar-refractivity contribution < 1.29 is 13.5 Å². The van der Waals surface area contributed by atoms with Crippen LogP contribution in [0, 0.1) is 0 Å². The monoisotopic (exact) mass is 291 g/mol. The molecule has 0 spiro atoms. The fourth-order valence-electron chi connectivity index (χ4n) is 2.31. The zero-order valence-electron chi connectivity index (χ0n) is 12.3. The second-order valence-corrected chi connectivity index (χ2v) is 5.02. The molecule has 0 bridgehead atoms. The van der Waals surface area contributed by atoms with Gasteiger partial charge in [0.1, 0.15) is 6.54 Å². The smallest absolute Gasteiger partial charge is 0.257 e. The quantitative estimate of drug-likeness (QED) is 0.328. The number of nitrogens with one attached hydrogen (secondary N) is 2. The van der Waals surface area contributed by atoms with Crippen molar-refractivity contribution in [3.05, 3.63) is 0 Å². The van der Waals surface area contributed by atoms with E-state index in [1.54, 1.807) is 0 Å². The van der Waals surface area contributed by atoms with Gasteiger partial charge in [-0.1, -0.05) is 25.7 Å². The van der Waals surface area contributed by atoms with E-state index in [0.29, 0.717) is 31.8 Å². The molecular weight excluding hydrogens is 264 g/mol. The van der Waals surface area contributed by atoms with Crippen LogP contribution in [0.5, 0.6) is 0 Å². The van der Waals surface area contributed by atoms with Crippen LogP contribution < -0.4 is 10.6 Å². The number of nitrogens with zero attached hydrogens (tertiary/aromatic N) is 1. The summed E-state index contributed by atoms with van der Waals surface area (Å²) in [6, 6.07) is 0. The zero-order valence-corrected chi connectivity index (χ0v) is 12.3. The van der Waals surface area contributed by atoms with Crippen LogP contribution in [0.15, 0.2) is 4.99 Å². The molecular formula is C14H27F2N3O. The summed E-state index contributed by atoms with van der Waals surface area (Å²) >= 11 is 0. The number of alkyl halides is 2. The highest BCUT2D eigenvalue weighted by Gasteiger charge is 2.12. The lowest BCUT2D eigenvalue weighted by Gasteiger charge is -2.16. The molecule has 1 fully saturated rings. The highest BCUT2D eigenvalue weighted by atomic mass is 19.3. The van der Waals surface area contributed by atoms with E-state index in [2.05, 4.69) is 15.6 Å². The third-order valence-electron chi connectivity index (χ3n) is 3.28. The minimum absolute atomic E-state index is 0.361. The van der Waals surface area contributed by atoms with Crippen LogP contribution in [-0.4, -0.2) is 44.7 Å². The summed E-state index contributed by atoms with van der Waals surface area (Å²) in [6.45, 7) is 3.26. The molecule has 20 heavy (non-hydrogen) atoms. The van der Waals surface area contributed by atoms with Crippen LogP contribution in [-0.2, 0) is 4.74 Å². The third-order valence-corrected chi connectivity index (χ3v) is 3.28. The summed E-state index contributed by atoms with van der Waals surface area (Å²) < 4.78 is 30.1. The van der Waals surface area contributed by atoms with Crippen LogP contribution in [0.2, 0.25) is 0 Å². The Morgan fingerprint density at radius 1 is 1.20 bits per heavy atom. The van der Waals surface area contributed by atoms with Crippen LogP contribution in [0.1, 0.15) is 45.4 Å². The first-order chi connectivity index (χ1) is 9.72. The molecule has 0 saturated heterocycles. The molecule has 4 nitrogen and oxygen atoms in total. The summed E-state index contributed by atoms with van der Waals surface area (Å²) in [6.07, 6.45) is 5.34. The van der Waals surface area contributed by atoms with E-state index in [-0.39, 0.29) is 0 Å². The van der Waals surface area contributed by atoms with Gasteiger partial charge in [-0.3, -0.25) is 0 Å². The lowest BCUT2D eigenvalue weighted by Crippen LogP contribution is -2.39. The second-order valence-electron chi connectivity index (χ2n) is 5.02. The van der Waals surface area contributed by atoms with Gasteiger partial charge < -0.3 is 15.4 Å². The molecule has 1 saturated carbocycles. The zero-order chi connectivity index (χ0) is 14.6. The predicted octanol–water partition coefficient (Wildman–Crippen LogP) is 2.55. The fraction of sp³-hybridized carbons (Fsp3) is 0.929. The summed E-state index contributed by atoms with van der Waals surface area (Å²) in [4.78, 5) is 3.80. The van der Waals surface area contributed by atoms with Crippen molar-refractivity contribution in [3.8, 4) is 0 Å². The van der Waals surface area contributed by atoms with E-state index in [0.717, 1.165) is 12.8 Å². The summed E-state index contributed by atoms with van der Waals surface area (Å²) in [5, 5.41) is 5.95. The Kier molecular flexibility index (Phi) is 9.28. The number of hydrogen-bond acceptors (Lipinski definition) is 2. The molecule has 2 N–H and O–H groups in total. The Morgan fingerprint density at radius 3 is 2.50 bits per heavy atom. The van der Waals surface area contributed by atoms with Crippen molar-refractivity contribution in [1.29, 1.82) is 0 Å². The van der Waals surface area contributed by atoms with Gasteiger partial charge in [0.25, 0.3) is 6.43 Å². The predicted molar refractivity (Wildman–Crippen MR) is 77.4 cm³/mol. The molecule has 0 aromatic carbocycles. The first-order valence-electron chi connectivity index (χ1n) is 7.64. The van der Waals surface area contributed by atoms with Gasteiger partial charge in [0.15, 0.2) is 5.96 Å². The minimum atomic E-state index is -2.41. The van der Waals surface area contributed by atoms with Gasteiger partial charge in [-0.05, 0) is 19.8 Å². The molecule has 0 unspecified atom stereocenters. The summed E-state index contributed by atoms with van der Waals surface area (Å²) in [5.74, 6) is 0.428. The van der Waals surface area contributed by atoms with Gasteiger partial charge in [0.05, 0.1) is 12.7 Å². The number of hydrogen-bond donors (Lipinski definition) is 2. The second kappa shape index (κ2) is 10.8. The molecule has 6 heteroatoms. The minimum Gasteiger partial charge on any atom is -0.376 e. The SMILES string of the molecule is CCNC(=NCC(F)F)NCCOC1CCCCCC1. The van der Waals surface area contributed by atoms with E-state index in [1.807, 2.05) is 6.92 Å². The maximum atomic E-state index is 12.1. The Morgan fingerprint density at radius 2 is 1.90 bits per heavy atom. The molecule has 118 valence electrons. The maximum Gasteiger partial charge on any atom is 0.257 e. The lowest BCUT2D eigenvalue weighted by molar-refractivity contribution is 0.0468. The average molecular weight is 291 g/mol. The van der Waals surface area contributed by atoms with Crippen molar-refractivity contribution in [2.45, 2.75) is 58.0 Å². The molecule has 0 atom stereocenters. The fourth-order valence-corrected chi connectivity index (χ4v) is 2.31. The Bertz CT molecular complexity index is 267. The van der Waals surface area contributed by atoms with E-state index in [1.165, 1.54) is 25.7 Å². The van der Waals surface area contributed by atoms with Gasteiger partial charge >= 0.3 is 0 Å². The van der Waals surface area contributed by atoms with E-state index in [9.17, 15) is 8.78 Å². The largest absolute Gasteiger partial charge is 0.376 e. The van der Waals surface area contributed by atoms with Crippen LogP contribution >= 0.6 is 0 Å². The Balaban J connectivity index is 2.17.